The minimum Gasteiger partial charge on any atom is -0.493 e. The first kappa shape index (κ1) is 8.36. The fraction of sp³-hybridized carbons (Fsp3) is 0.333. The molecule has 0 unspecified atom stereocenters. The van der Waals surface area contributed by atoms with Gasteiger partial charge in [0.1, 0.15) is 5.76 Å². The summed E-state index contributed by atoms with van der Waals surface area (Å²) >= 11 is 0. The van der Waals surface area contributed by atoms with Gasteiger partial charge in [0.05, 0.1) is 6.61 Å². The zero-order chi connectivity index (χ0) is 9.10. The molecule has 0 saturated carbocycles. The van der Waals surface area contributed by atoms with E-state index in [4.69, 9.17) is 4.74 Å². The van der Waals surface area contributed by atoms with Crippen molar-refractivity contribution in [3.8, 4) is 0 Å². The Morgan fingerprint density at radius 2 is 2.00 bits per heavy atom. The van der Waals surface area contributed by atoms with Crippen molar-refractivity contribution >= 4 is 5.76 Å². The molecule has 1 heterocycles. The first-order valence-electron chi connectivity index (χ1n) is 4.82. The van der Waals surface area contributed by atoms with Gasteiger partial charge in [-0.15, -0.1) is 0 Å². The molecule has 0 amide bonds. The highest BCUT2D eigenvalue weighted by Gasteiger charge is 2.06. The lowest BCUT2D eigenvalue weighted by atomic mass is 10.1. The number of rotatable bonds is 2. The largest absolute Gasteiger partial charge is 0.493 e. The number of benzene rings is 1. The van der Waals surface area contributed by atoms with Crippen LogP contribution in [0.1, 0.15) is 24.5 Å². The highest BCUT2D eigenvalue weighted by atomic mass is 16.5. The summed E-state index contributed by atoms with van der Waals surface area (Å²) in [6, 6.07) is 8.60. The SMILES string of the molecule is CCc1ccc(C2=CCCO2)cc1. The average Bonchev–Trinajstić information content (AvgIpc) is 2.71. The Bertz CT molecular complexity index is 308. The lowest BCUT2D eigenvalue weighted by molar-refractivity contribution is 0.307. The van der Waals surface area contributed by atoms with Crippen LogP contribution in [0.15, 0.2) is 30.3 Å². The third-order valence-electron chi connectivity index (χ3n) is 2.35. The third-order valence-corrected chi connectivity index (χ3v) is 2.35. The van der Waals surface area contributed by atoms with Gasteiger partial charge in [0.2, 0.25) is 0 Å². The van der Waals surface area contributed by atoms with E-state index >= 15 is 0 Å². The van der Waals surface area contributed by atoms with Gasteiger partial charge in [-0.3, -0.25) is 0 Å². The molecule has 0 atom stereocenters. The summed E-state index contributed by atoms with van der Waals surface area (Å²) < 4.78 is 5.47. The Morgan fingerprint density at radius 3 is 2.54 bits per heavy atom. The second kappa shape index (κ2) is 3.65. The molecule has 1 aromatic rings. The maximum absolute atomic E-state index is 5.47. The molecule has 1 aliphatic heterocycles. The number of ether oxygens (including phenoxy) is 1. The summed E-state index contributed by atoms with van der Waals surface area (Å²) in [5, 5.41) is 0. The molecule has 0 aromatic heterocycles. The second-order valence-corrected chi connectivity index (χ2v) is 3.26. The minimum absolute atomic E-state index is 0.838. The van der Waals surface area contributed by atoms with Crippen molar-refractivity contribution in [3.05, 3.63) is 41.5 Å². The van der Waals surface area contributed by atoms with Crippen LogP contribution in [0, 0.1) is 0 Å². The van der Waals surface area contributed by atoms with Crippen molar-refractivity contribution in [1.29, 1.82) is 0 Å². The first-order valence-corrected chi connectivity index (χ1v) is 4.82. The molecule has 1 aliphatic rings. The van der Waals surface area contributed by atoms with Gasteiger partial charge in [-0.25, -0.2) is 0 Å². The molecular formula is C12H14O. The predicted octanol–water partition coefficient (Wildman–Crippen LogP) is 3.01. The molecular weight excluding hydrogens is 160 g/mol. The Hall–Kier alpha value is -1.24. The van der Waals surface area contributed by atoms with Crippen molar-refractivity contribution in [2.24, 2.45) is 0 Å². The van der Waals surface area contributed by atoms with Gasteiger partial charge in [-0.1, -0.05) is 31.2 Å². The van der Waals surface area contributed by atoms with Crippen molar-refractivity contribution in [2.45, 2.75) is 19.8 Å². The van der Waals surface area contributed by atoms with E-state index in [1.54, 1.807) is 0 Å². The van der Waals surface area contributed by atoms with Gasteiger partial charge in [-0.05, 0) is 18.1 Å². The van der Waals surface area contributed by atoms with Gasteiger partial charge >= 0.3 is 0 Å². The standard InChI is InChI=1S/C12H14O/c1-2-10-5-7-11(8-6-10)12-4-3-9-13-12/h4-8H,2-3,9H2,1H3. The molecule has 68 valence electrons. The molecule has 0 fully saturated rings. The van der Waals surface area contributed by atoms with Gasteiger partial charge in [0.25, 0.3) is 0 Å². The maximum atomic E-state index is 5.47. The fourth-order valence-electron chi connectivity index (χ4n) is 1.52. The minimum atomic E-state index is 0.838. The molecule has 13 heavy (non-hydrogen) atoms. The van der Waals surface area contributed by atoms with E-state index in [2.05, 4.69) is 37.3 Å². The van der Waals surface area contributed by atoms with Crippen LogP contribution in [0.3, 0.4) is 0 Å². The maximum Gasteiger partial charge on any atom is 0.122 e. The quantitative estimate of drug-likeness (QED) is 0.669. The van der Waals surface area contributed by atoms with Gasteiger partial charge in [0.15, 0.2) is 0 Å². The molecule has 2 rings (SSSR count). The Balaban J connectivity index is 2.22. The Labute approximate surface area is 79.0 Å². The van der Waals surface area contributed by atoms with E-state index in [9.17, 15) is 0 Å². The van der Waals surface area contributed by atoms with E-state index in [0.717, 1.165) is 25.2 Å². The Morgan fingerprint density at radius 1 is 1.23 bits per heavy atom. The topological polar surface area (TPSA) is 9.23 Å². The smallest absolute Gasteiger partial charge is 0.122 e. The molecule has 0 spiro atoms. The summed E-state index contributed by atoms with van der Waals surface area (Å²) in [7, 11) is 0. The molecule has 0 bridgehead atoms. The highest BCUT2D eigenvalue weighted by molar-refractivity contribution is 5.61. The van der Waals surface area contributed by atoms with E-state index in [-0.39, 0.29) is 0 Å². The second-order valence-electron chi connectivity index (χ2n) is 3.26. The van der Waals surface area contributed by atoms with Gasteiger partial charge < -0.3 is 4.74 Å². The van der Waals surface area contributed by atoms with Crippen LogP contribution in [0.4, 0.5) is 0 Å². The molecule has 0 radical (unpaired) electrons. The first-order chi connectivity index (χ1) is 6.40. The van der Waals surface area contributed by atoms with Gasteiger partial charge in [-0.2, -0.15) is 0 Å². The van der Waals surface area contributed by atoms with Crippen molar-refractivity contribution in [2.75, 3.05) is 6.61 Å². The third kappa shape index (κ3) is 1.74. The predicted molar refractivity (Wildman–Crippen MR) is 54.4 cm³/mol. The number of hydrogen-bond donors (Lipinski definition) is 0. The van der Waals surface area contributed by atoms with E-state index in [1.807, 2.05) is 0 Å². The van der Waals surface area contributed by atoms with Crippen molar-refractivity contribution in [1.82, 2.24) is 0 Å². The molecule has 1 nitrogen and oxygen atoms in total. The fourth-order valence-corrected chi connectivity index (χ4v) is 1.52. The highest BCUT2D eigenvalue weighted by Crippen LogP contribution is 2.21. The van der Waals surface area contributed by atoms with Crippen LogP contribution >= 0.6 is 0 Å². The van der Waals surface area contributed by atoms with Gasteiger partial charge in [0, 0.05) is 12.0 Å². The van der Waals surface area contributed by atoms with Crippen LogP contribution in [-0.4, -0.2) is 6.61 Å². The zero-order valence-electron chi connectivity index (χ0n) is 7.92. The lowest BCUT2D eigenvalue weighted by Gasteiger charge is -2.04. The van der Waals surface area contributed by atoms with Crippen LogP contribution < -0.4 is 0 Å². The van der Waals surface area contributed by atoms with Crippen molar-refractivity contribution in [3.63, 3.8) is 0 Å². The van der Waals surface area contributed by atoms with Crippen molar-refractivity contribution < 1.29 is 4.74 Å². The lowest BCUT2D eigenvalue weighted by Crippen LogP contribution is -1.86. The monoisotopic (exact) mass is 174 g/mol. The molecule has 1 heteroatoms. The average molecular weight is 174 g/mol. The zero-order valence-corrected chi connectivity index (χ0v) is 7.92. The van der Waals surface area contributed by atoms with Crippen LogP contribution in [0.2, 0.25) is 0 Å². The number of aryl methyl sites for hydroxylation is 1. The van der Waals surface area contributed by atoms with Crippen LogP contribution in [0.5, 0.6) is 0 Å². The van der Waals surface area contributed by atoms with E-state index < -0.39 is 0 Å². The molecule has 0 N–H and O–H groups in total. The summed E-state index contributed by atoms with van der Waals surface area (Å²) in [5.74, 6) is 1.04. The summed E-state index contributed by atoms with van der Waals surface area (Å²) in [6.07, 6.45) is 4.30. The molecule has 0 saturated heterocycles. The van der Waals surface area contributed by atoms with E-state index in [0.29, 0.717) is 0 Å². The number of hydrogen-bond acceptors (Lipinski definition) is 1. The Kier molecular flexibility index (Phi) is 2.35. The van der Waals surface area contributed by atoms with Crippen LogP contribution in [-0.2, 0) is 11.2 Å². The van der Waals surface area contributed by atoms with E-state index in [1.165, 1.54) is 11.1 Å². The normalized spacial score (nSPS) is 15.3. The molecule has 0 aliphatic carbocycles. The summed E-state index contributed by atoms with van der Waals surface area (Å²) in [4.78, 5) is 0. The summed E-state index contributed by atoms with van der Waals surface area (Å²) in [5.41, 5.74) is 2.58. The molecule has 1 aromatic carbocycles. The van der Waals surface area contributed by atoms with Crippen LogP contribution in [0.25, 0.3) is 5.76 Å². The summed E-state index contributed by atoms with van der Waals surface area (Å²) in [6.45, 7) is 3.01.